The van der Waals surface area contributed by atoms with Gasteiger partial charge in [-0.05, 0) is 64.3 Å². The molecule has 0 aliphatic heterocycles. The maximum absolute atomic E-state index is 5.96. The summed E-state index contributed by atoms with van der Waals surface area (Å²) >= 11 is 9.53. The Balaban J connectivity index is 2.13. The molecule has 0 saturated heterocycles. The molecule has 0 aliphatic rings. The molecule has 2 nitrogen and oxygen atoms in total. The predicted molar refractivity (Wildman–Crippen MR) is 92.4 cm³/mol. The van der Waals surface area contributed by atoms with Crippen LogP contribution in [0.2, 0.25) is 5.02 Å². The van der Waals surface area contributed by atoms with Crippen LogP contribution in [0, 0.1) is 6.92 Å². The van der Waals surface area contributed by atoms with Gasteiger partial charge in [-0.1, -0.05) is 31.5 Å². The van der Waals surface area contributed by atoms with Gasteiger partial charge >= 0.3 is 0 Å². The first-order chi connectivity index (χ1) is 9.95. The van der Waals surface area contributed by atoms with Gasteiger partial charge in [-0.3, -0.25) is 0 Å². The fraction of sp³-hybridized carbons (Fsp3) is 0.294. The normalized spacial score (nSPS) is 11.0. The lowest BCUT2D eigenvalue weighted by Crippen LogP contribution is -2.21. The Morgan fingerprint density at radius 2 is 1.86 bits per heavy atom. The van der Waals surface area contributed by atoms with Crippen LogP contribution in [0.15, 0.2) is 40.9 Å². The van der Waals surface area contributed by atoms with E-state index in [0.717, 1.165) is 28.1 Å². The highest BCUT2D eigenvalue weighted by molar-refractivity contribution is 9.10. The van der Waals surface area contributed by atoms with Crippen molar-refractivity contribution in [3.05, 3.63) is 57.0 Å². The van der Waals surface area contributed by atoms with E-state index in [2.05, 4.69) is 47.2 Å². The molecule has 0 heterocycles. The highest BCUT2D eigenvalue weighted by Crippen LogP contribution is 2.33. The maximum Gasteiger partial charge on any atom is 0.141 e. The molecule has 0 atom stereocenters. The predicted octanol–water partition coefficient (Wildman–Crippen LogP) is 5.70. The van der Waals surface area contributed by atoms with Gasteiger partial charge in [0.1, 0.15) is 11.5 Å². The molecular weight excluding hydrogens is 350 g/mol. The summed E-state index contributed by atoms with van der Waals surface area (Å²) < 4.78 is 6.89. The lowest BCUT2D eigenvalue weighted by atomic mass is 10.2. The Morgan fingerprint density at radius 3 is 2.48 bits per heavy atom. The number of ether oxygens (including phenoxy) is 1. The Morgan fingerprint density at radius 1 is 1.14 bits per heavy atom. The lowest BCUT2D eigenvalue weighted by molar-refractivity contribution is 0.475. The molecule has 0 bridgehead atoms. The fourth-order valence-corrected chi connectivity index (χ4v) is 2.64. The molecule has 2 rings (SSSR count). The van der Waals surface area contributed by atoms with Crippen LogP contribution in [0.25, 0.3) is 0 Å². The summed E-state index contributed by atoms with van der Waals surface area (Å²) in [5.41, 5.74) is 2.23. The van der Waals surface area contributed by atoms with Gasteiger partial charge in [-0.25, -0.2) is 0 Å². The van der Waals surface area contributed by atoms with Crippen molar-refractivity contribution in [1.29, 1.82) is 0 Å². The molecule has 2 aromatic carbocycles. The summed E-state index contributed by atoms with van der Waals surface area (Å²) in [6.45, 7) is 7.10. The third-order valence-electron chi connectivity index (χ3n) is 3.07. The summed E-state index contributed by atoms with van der Waals surface area (Å²) in [5.74, 6) is 1.61. The van der Waals surface area contributed by atoms with E-state index in [0.29, 0.717) is 11.1 Å². The van der Waals surface area contributed by atoms with Crippen molar-refractivity contribution in [1.82, 2.24) is 5.32 Å². The van der Waals surface area contributed by atoms with Crippen LogP contribution < -0.4 is 10.1 Å². The van der Waals surface area contributed by atoms with Crippen LogP contribution in [0.3, 0.4) is 0 Å². The summed E-state index contributed by atoms with van der Waals surface area (Å²) in [5, 5.41) is 4.11. The SMILES string of the molecule is Cc1cc(Cl)ccc1Oc1ccc(CNC(C)C)cc1Br. The zero-order valence-electron chi connectivity index (χ0n) is 12.4. The van der Waals surface area contributed by atoms with Crippen LogP contribution in [-0.2, 0) is 6.54 Å². The molecule has 2 aromatic rings. The monoisotopic (exact) mass is 367 g/mol. The second-order valence-corrected chi connectivity index (χ2v) is 6.60. The van der Waals surface area contributed by atoms with Gasteiger partial charge in [0.05, 0.1) is 4.47 Å². The van der Waals surface area contributed by atoms with Crippen molar-refractivity contribution in [2.75, 3.05) is 0 Å². The van der Waals surface area contributed by atoms with Crippen LogP contribution >= 0.6 is 27.5 Å². The summed E-state index contributed by atoms with van der Waals surface area (Å²) in [7, 11) is 0. The summed E-state index contributed by atoms with van der Waals surface area (Å²) in [4.78, 5) is 0. The van der Waals surface area contributed by atoms with Crippen molar-refractivity contribution < 1.29 is 4.74 Å². The van der Waals surface area contributed by atoms with Gasteiger partial charge in [-0.2, -0.15) is 0 Å². The van der Waals surface area contributed by atoms with Crippen molar-refractivity contribution in [3.63, 3.8) is 0 Å². The van der Waals surface area contributed by atoms with E-state index in [1.165, 1.54) is 5.56 Å². The highest BCUT2D eigenvalue weighted by atomic mass is 79.9. The van der Waals surface area contributed by atoms with Gasteiger partial charge in [0.2, 0.25) is 0 Å². The van der Waals surface area contributed by atoms with Gasteiger partial charge < -0.3 is 10.1 Å². The van der Waals surface area contributed by atoms with Gasteiger partial charge in [-0.15, -0.1) is 0 Å². The lowest BCUT2D eigenvalue weighted by Gasteiger charge is -2.13. The first-order valence-electron chi connectivity index (χ1n) is 6.91. The number of hydrogen-bond acceptors (Lipinski definition) is 2. The minimum atomic E-state index is 0.469. The van der Waals surface area contributed by atoms with Crippen molar-refractivity contribution in [2.24, 2.45) is 0 Å². The topological polar surface area (TPSA) is 21.3 Å². The highest BCUT2D eigenvalue weighted by Gasteiger charge is 2.07. The molecule has 0 aliphatic carbocycles. The van der Waals surface area contributed by atoms with Crippen molar-refractivity contribution >= 4 is 27.5 Å². The van der Waals surface area contributed by atoms with Crippen molar-refractivity contribution in [3.8, 4) is 11.5 Å². The van der Waals surface area contributed by atoms with Crippen molar-refractivity contribution in [2.45, 2.75) is 33.4 Å². The minimum absolute atomic E-state index is 0.469. The zero-order valence-corrected chi connectivity index (χ0v) is 14.8. The molecule has 0 spiro atoms. The second kappa shape index (κ2) is 7.30. The third-order valence-corrected chi connectivity index (χ3v) is 3.92. The van der Waals surface area contributed by atoms with Crippen LogP contribution in [0.1, 0.15) is 25.0 Å². The number of rotatable bonds is 5. The van der Waals surface area contributed by atoms with E-state index in [-0.39, 0.29) is 0 Å². The largest absolute Gasteiger partial charge is 0.456 e. The van der Waals surface area contributed by atoms with Gasteiger partial charge in [0.15, 0.2) is 0 Å². The number of halogens is 2. The Labute approximate surface area is 139 Å². The van der Waals surface area contributed by atoms with E-state index in [9.17, 15) is 0 Å². The number of benzene rings is 2. The molecular formula is C17H19BrClNO. The first-order valence-corrected chi connectivity index (χ1v) is 8.08. The third kappa shape index (κ3) is 4.73. The summed E-state index contributed by atoms with van der Waals surface area (Å²) in [6.07, 6.45) is 0. The first kappa shape index (κ1) is 16.3. The quantitative estimate of drug-likeness (QED) is 0.730. The number of nitrogens with one attached hydrogen (secondary N) is 1. The van der Waals surface area contributed by atoms with Crippen LogP contribution in [-0.4, -0.2) is 6.04 Å². The Hall–Kier alpha value is -1.03. The second-order valence-electron chi connectivity index (χ2n) is 5.31. The average molecular weight is 369 g/mol. The molecule has 0 saturated carbocycles. The molecule has 0 unspecified atom stereocenters. The summed E-state index contributed by atoms with van der Waals surface area (Å²) in [6, 6.07) is 12.2. The Kier molecular flexibility index (Phi) is 5.68. The maximum atomic E-state index is 5.96. The van der Waals surface area contributed by atoms with Crippen LogP contribution in [0.4, 0.5) is 0 Å². The van der Waals surface area contributed by atoms with E-state index in [4.69, 9.17) is 16.3 Å². The van der Waals surface area contributed by atoms with E-state index < -0.39 is 0 Å². The molecule has 4 heteroatoms. The standard InChI is InChI=1S/C17H19BrClNO/c1-11(2)20-10-13-4-6-17(15(18)9-13)21-16-7-5-14(19)8-12(16)3/h4-9,11,20H,10H2,1-3H3. The Bertz CT molecular complexity index is 628. The molecule has 1 N–H and O–H groups in total. The van der Waals surface area contributed by atoms with Crippen LogP contribution in [0.5, 0.6) is 11.5 Å². The molecule has 0 aromatic heterocycles. The smallest absolute Gasteiger partial charge is 0.141 e. The van der Waals surface area contributed by atoms with Gasteiger partial charge in [0.25, 0.3) is 0 Å². The number of hydrogen-bond donors (Lipinski definition) is 1. The molecule has 112 valence electrons. The average Bonchev–Trinajstić information content (AvgIpc) is 2.42. The van der Waals surface area contributed by atoms with E-state index in [1.807, 2.05) is 31.2 Å². The fourth-order valence-electron chi connectivity index (χ4n) is 1.90. The molecule has 0 fully saturated rings. The number of aryl methyl sites for hydroxylation is 1. The van der Waals surface area contributed by atoms with E-state index >= 15 is 0 Å². The molecule has 0 radical (unpaired) electrons. The van der Waals surface area contributed by atoms with Gasteiger partial charge in [0, 0.05) is 17.6 Å². The molecule has 0 amide bonds. The zero-order chi connectivity index (χ0) is 15.4. The molecule has 21 heavy (non-hydrogen) atoms. The minimum Gasteiger partial charge on any atom is -0.456 e. The van der Waals surface area contributed by atoms with E-state index in [1.54, 1.807) is 0 Å².